The fourth-order valence-corrected chi connectivity index (χ4v) is 4.78. The van der Waals surface area contributed by atoms with Crippen molar-refractivity contribution in [1.29, 1.82) is 0 Å². The second-order valence-electron chi connectivity index (χ2n) is 7.08. The van der Waals surface area contributed by atoms with Gasteiger partial charge in [-0.05, 0) is 30.6 Å². The van der Waals surface area contributed by atoms with Crippen LogP contribution in [0.5, 0.6) is 0 Å². The summed E-state index contributed by atoms with van der Waals surface area (Å²) in [6, 6.07) is 0.141. The van der Waals surface area contributed by atoms with Gasteiger partial charge in [0.25, 0.3) is 0 Å². The molecule has 0 aromatic carbocycles. The zero-order valence-electron chi connectivity index (χ0n) is 11.4. The van der Waals surface area contributed by atoms with Crippen LogP contribution in [-0.2, 0) is 4.79 Å². The number of carbonyl (C=O) groups is 1. The van der Waals surface area contributed by atoms with E-state index in [-0.39, 0.29) is 22.8 Å². The van der Waals surface area contributed by atoms with Crippen molar-refractivity contribution in [2.24, 2.45) is 17.8 Å². The number of carbonyl (C=O) groups excluding carboxylic acids is 1. The van der Waals surface area contributed by atoms with E-state index in [4.69, 9.17) is 0 Å². The summed E-state index contributed by atoms with van der Waals surface area (Å²) in [5.74, 6) is 2.52. The number of rotatable bonds is 2. The lowest BCUT2D eigenvalue weighted by Gasteiger charge is -2.29. The lowest BCUT2D eigenvalue weighted by molar-refractivity contribution is -0.131. The van der Waals surface area contributed by atoms with Gasteiger partial charge >= 0.3 is 0 Å². The topological polar surface area (TPSA) is 40.5 Å². The summed E-state index contributed by atoms with van der Waals surface area (Å²) in [5, 5.41) is 10.3. The minimum atomic E-state index is -0.252. The third-order valence-corrected chi connectivity index (χ3v) is 6.05. The Labute approximate surface area is 113 Å². The third-order valence-electron chi connectivity index (χ3n) is 4.80. The number of aliphatic hydroxyl groups excluding tert-OH is 1. The van der Waals surface area contributed by atoms with E-state index in [2.05, 4.69) is 20.8 Å². The second-order valence-corrected chi connectivity index (χ2v) is 8.89. The average molecular weight is 269 g/mol. The highest BCUT2D eigenvalue weighted by molar-refractivity contribution is 8.01. The smallest absolute Gasteiger partial charge is 0.232 e. The molecule has 0 radical (unpaired) electrons. The summed E-state index contributed by atoms with van der Waals surface area (Å²) in [6.45, 7) is 7.31. The molecule has 5 atom stereocenters. The zero-order valence-corrected chi connectivity index (χ0v) is 12.2. The Morgan fingerprint density at radius 1 is 1.33 bits per heavy atom. The summed E-state index contributed by atoms with van der Waals surface area (Å²) >= 11 is 1.71. The van der Waals surface area contributed by atoms with Gasteiger partial charge in [0.1, 0.15) is 0 Å². The molecular weight excluding hydrogens is 246 g/mol. The van der Waals surface area contributed by atoms with E-state index in [1.54, 1.807) is 11.8 Å². The standard InChI is InChI=1S/C14H23NO2S/c1-14(2,3)18-7-11(16)15-6-9-4-8-5-10(9)12(15)13(8)17/h8-10,12-13,17H,4-7H2,1-3H3. The fourth-order valence-electron chi connectivity index (χ4n) is 4.06. The molecule has 3 rings (SSSR count). The zero-order chi connectivity index (χ0) is 13.1. The molecule has 5 unspecified atom stereocenters. The van der Waals surface area contributed by atoms with Crippen LogP contribution in [0.3, 0.4) is 0 Å². The molecule has 1 amide bonds. The monoisotopic (exact) mass is 269 g/mol. The van der Waals surface area contributed by atoms with Crippen molar-refractivity contribution < 1.29 is 9.90 Å². The van der Waals surface area contributed by atoms with Crippen LogP contribution >= 0.6 is 11.8 Å². The molecule has 102 valence electrons. The average Bonchev–Trinajstić information content (AvgIpc) is 2.84. The summed E-state index contributed by atoms with van der Waals surface area (Å²) in [4.78, 5) is 14.3. The largest absolute Gasteiger partial charge is 0.391 e. The van der Waals surface area contributed by atoms with Gasteiger partial charge in [-0.15, -0.1) is 11.8 Å². The second kappa shape index (κ2) is 4.14. The van der Waals surface area contributed by atoms with Crippen molar-refractivity contribution in [3.63, 3.8) is 0 Å². The number of nitrogens with zero attached hydrogens (tertiary/aromatic N) is 1. The van der Waals surface area contributed by atoms with Crippen LogP contribution in [0.15, 0.2) is 0 Å². The van der Waals surface area contributed by atoms with Gasteiger partial charge in [-0.3, -0.25) is 4.79 Å². The van der Waals surface area contributed by atoms with Gasteiger partial charge < -0.3 is 10.0 Å². The number of fused-ring (bicyclic) bond motifs is 1. The predicted octanol–water partition coefficient (Wildman–Crippen LogP) is 1.75. The van der Waals surface area contributed by atoms with E-state index in [0.29, 0.717) is 23.5 Å². The van der Waals surface area contributed by atoms with E-state index in [1.807, 2.05) is 4.90 Å². The number of aliphatic hydroxyl groups is 1. The third kappa shape index (κ3) is 1.97. The van der Waals surface area contributed by atoms with Gasteiger partial charge in [-0.25, -0.2) is 0 Å². The summed E-state index contributed by atoms with van der Waals surface area (Å²) in [7, 11) is 0. The molecule has 3 fully saturated rings. The number of thioether (sulfide) groups is 1. The van der Waals surface area contributed by atoms with Crippen LogP contribution in [0.2, 0.25) is 0 Å². The van der Waals surface area contributed by atoms with E-state index >= 15 is 0 Å². The van der Waals surface area contributed by atoms with E-state index < -0.39 is 0 Å². The molecule has 1 aliphatic heterocycles. The first-order valence-electron chi connectivity index (χ1n) is 6.98. The molecule has 3 aliphatic rings. The molecule has 1 heterocycles. The predicted molar refractivity (Wildman–Crippen MR) is 73.4 cm³/mol. The van der Waals surface area contributed by atoms with E-state index in [0.717, 1.165) is 19.4 Å². The Bertz CT molecular complexity index is 363. The molecule has 4 heteroatoms. The maximum atomic E-state index is 12.3. The molecule has 2 bridgehead atoms. The number of amides is 1. The van der Waals surface area contributed by atoms with Gasteiger partial charge in [0.15, 0.2) is 0 Å². The van der Waals surface area contributed by atoms with Crippen molar-refractivity contribution in [2.45, 2.75) is 50.5 Å². The summed E-state index contributed by atoms with van der Waals surface area (Å²) in [5.41, 5.74) is 0. The van der Waals surface area contributed by atoms with Gasteiger partial charge in [0, 0.05) is 11.3 Å². The molecule has 0 aromatic heterocycles. The molecule has 0 spiro atoms. The first-order chi connectivity index (χ1) is 8.37. The Balaban J connectivity index is 1.66. The first-order valence-corrected chi connectivity index (χ1v) is 7.97. The van der Waals surface area contributed by atoms with Crippen molar-refractivity contribution in [3.05, 3.63) is 0 Å². The Morgan fingerprint density at radius 2 is 2.06 bits per heavy atom. The fraction of sp³-hybridized carbons (Fsp3) is 0.929. The molecule has 2 saturated carbocycles. The molecule has 1 N–H and O–H groups in total. The SMILES string of the molecule is CC(C)(C)SCC(=O)N1CC2CC3CC2C1C3O. The summed E-state index contributed by atoms with van der Waals surface area (Å²) in [6.07, 6.45) is 2.03. The van der Waals surface area contributed by atoms with Crippen LogP contribution in [0, 0.1) is 17.8 Å². The summed E-state index contributed by atoms with van der Waals surface area (Å²) < 4.78 is 0.130. The molecule has 18 heavy (non-hydrogen) atoms. The van der Waals surface area contributed by atoms with Gasteiger partial charge in [-0.2, -0.15) is 0 Å². The number of likely N-dealkylation sites (tertiary alicyclic amines) is 1. The van der Waals surface area contributed by atoms with Crippen LogP contribution in [0.1, 0.15) is 33.6 Å². The lowest BCUT2D eigenvalue weighted by Crippen LogP contribution is -2.44. The Kier molecular flexibility index (Phi) is 2.94. The molecule has 1 saturated heterocycles. The van der Waals surface area contributed by atoms with Crippen molar-refractivity contribution in [2.75, 3.05) is 12.3 Å². The maximum Gasteiger partial charge on any atom is 0.232 e. The van der Waals surface area contributed by atoms with Gasteiger partial charge in [0.05, 0.1) is 17.9 Å². The Hall–Kier alpha value is -0.220. The first kappa shape index (κ1) is 12.8. The van der Waals surface area contributed by atoms with Crippen LogP contribution < -0.4 is 0 Å². The minimum Gasteiger partial charge on any atom is -0.391 e. The highest BCUT2D eigenvalue weighted by Crippen LogP contribution is 2.54. The highest BCUT2D eigenvalue weighted by atomic mass is 32.2. The maximum absolute atomic E-state index is 12.3. The molecule has 3 nitrogen and oxygen atoms in total. The van der Waals surface area contributed by atoms with Gasteiger partial charge in [0.2, 0.25) is 5.91 Å². The lowest BCUT2D eigenvalue weighted by atomic mass is 9.88. The number of hydrogen-bond acceptors (Lipinski definition) is 3. The van der Waals surface area contributed by atoms with Crippen LogP contribution in [-0.4, -0.2) is 45.1 Å². The Morgan fingerprint density at radius 3 is 2.67 bits per heavy atom. The van der Waals surface area contributed by atoms with Crippen LogP contribution in [0.4, 0.5) is 0 Å². The molecule has 2 aliphatic carbocycles. The van der Waals surface area contributed by atoms with Crippen molar-refractivity contribution in [3.8, 4) is 0 Å². The van der Waals surface area contributed by atoms with Gasteiger partial charge in [-0.1, -0.05) is 20.8 Å². The molecule has 0 aromatic rings. The number of hydrogen-bond donors (Lipinski definition) is 1. The van der Waals surface area contributed by atoms with Crippen LogP contribution in [0.25, 0.3) is 0 Å². The normalized spacial score (nSPS) is 41.8. The molecular formula is C14H23NO2S. The van der Waals surface area contributed by atoms with E-state index in [9.17, 15) is 9.90 Å². The van der Waals surface area contributed by atoms with Crippen molar-refractivity contribution in [1.82, 2.24) is 4.90 Å². The highest BCUT2D eigenvalue weighted by Gasteiger charge is 2.59. The van der Waals surface area contributed by atoms with Crippen molar-refractivity contribution >= 4 is 17.7 Å². The quantitative estimate of drug-likeness (QED) is 0.830. The minimum absolute atomic E-state index is 0.130. The van der Waals surface area contributed by atoms with E-state index in [1.165, 1.54) is 0 Å².